The number of carbonyl (C=O) groups is 2. The summed E-state index contributed by atoms with van der Waals surface area (Å²) < 4.78 is 19.0. The summed E-state index contributed by atoms with van der Waals surface area (Å²) in [6.45, 7) is 2.12. The molecule has 0 spiro atoms. The van der Waals surface area contributed by atoms with Crippen LogP contribution in [0.15, 0.2) is 48.5 Å². The summed E-state index contributed by atoms with van der Waals surface area (Å²) in [5.41, 5.74) is 1.58. The number of benzene rings is 2. The van der Waals surface area contributed by atoms with Crippen LogP contribution in [0.25, 0.3) is 0 Å². The standard InChI is InChI=1S/C23H27FN2O3/c1-29-21-9-5-3-7-19(21)11-13-23(28)26-16-14-25(15-17-26)22(27)12-10-18-6-2-4-8-20(18)24/h2-9H,10-17H2,1H3. The molecule has 1 heterocycles. The van der Waals surface area contributed by atoms with Crippen LogP contribution in [0.1, 0.15) is 24.0 Å². The molecule has 0 bridgehead atoms. The van der Waals surface area contributed by atoms with Crippen LogP contribution in [0.5, 0.6) is 5.75 Å². The van der Waals surface area contributed by atoms with Crippen LogP contribution in [0, 0.1) is 5.82 Å². The molecule has 2 aromatic rings. The molecule has 1 saturated heterocycles. The number of piperazine rings is 1. The van der Waals surface area contributed by atoms with E-state index in [0.717, 1.165) is 11.3 Å². The molecular formula is C23H27FN2O3. The second-order valence-corrected chi connectivity index (χ2v) is 7.16. The Bertz CT molecular complexity index is 848. The van der Waals surface area contributed by atoms with Crippen molar-refractivity contribution in [2.45, 2.75) is 25.7 Å². The number of hydrogen-bond donors (Lipinski definition) is 0. The molecule has 0 N–H and O–H groups in total. The van der Waals surface area contributed by atoms with Crippen molar-refractivity contribution in [3.8, 4) is 5.75 Å². The van der Waals surface area contributed by atoms with E-state index < -0.39 is 0 Å². The molecule has 3 rings (SSSR count). The van der Waals surface area contributed by atoms with Gasteiger partial charge in [0.15, 0.2) is 0 Å². The molecule has 1 aliphatic heterocycles. The van der Waals surface area contributed by atoms with Gasteiger partial charge in [-0.1, -0.05) is 36.4 Å². The Morgan fingerprint density at radius 3 is 1.86 bits per heavy atom. The minimum Gasteiger partial charge on any atom is -0.496 e. The van der Waals surface area contributed by atoms with Gasteiger partial charge in [0.05, 0.1) is 7.11 Å². The molecule has 0 unspecified atom stereocenters. The second kappa shape index (κ2) is 10.0. The van der Waals surface area contributed by atoms with Crippen molar-refractivity contribution in [2.75, 3.05) is 33.3 Å². The number of hydrogen-bond acceptors (Lipinski definition) is 3. The third-order valence-corrected chi connectivity index (χ3v) is 5.35. The molecule has 6 heteroatoms. The molecule has 1 fully saturated rings. The molecule has 5 nitrogen and oxygen atoms in total. The molecule has 2 amide bonds. The number of amides is 2. The zero-order chi connectivity index (χ0) is 20.6. The lowest BCUT2D eigenvalue weighted by molar-refractivity contribution is -0.139. The fourth-order valence-electron chi connectivity index (χ4n) is 3.62. The first-order valence-electron chi connectivity index (χ1n) is 9.99. The molecule has 0 aromatic heterocycles. The van der Waals surface area contributed by atoms with Gasteiger partial charge in [-0.05, 0) is 36.1 Å². The average molecular weight is 398 g/mol. The van der Waals surface area contributed by atoms with Crippen molar-refractivity contribution >= 4 is 11.8 Å². The zero-order valence-electron chi connectivity index (χ0n) is 16.8. The Morgan fingerprint density at radius 2 is 1.31 bits per heavy atom. The Hall–Kier alpha value is -2.89. The van der Waals surface area contributed by atoms with E-state index in [1.54, 1.807) is 30.2 Å². The first-order valence-corrected chi connectivity index (χ1v) is 9.99. The van der Waals surface area contributed by atoms with Crippen LogP contribution in [-0.2, 0) is 22.4 Å². The number of methoxy groups -OCH3 is 1. The van der Waals surface area contributed by atoms with E-state index in [1.807, 2.05) is 29.2 Å². The number of halogens is 1. The van der Waals surface area contributed by atoms with Crippen LogP contribution in [-0.4, -0.2) is 54.9 Å². The molecule has 0 radical (unpaired) electrons. The van der Waals surface area contributed by atoms with Crippen LogP contribution in [0.4, 0.5) is 4.39 Å². The summed E-state index contributed by atoms with van der Waals surface area (Å²) >= 11 is 0. The van der Waals surface area contributed by atoms with E-state index >= 15 is 0 Å². The molecular weight excluding hydrogens is 371 g/mol. The smallest absolute Gasteiger partial charge is 0.223 e. The molecule has 154 valence electrons. The predicted molar refractivity (Wildman–Crippen MR) is 109 cm³/mol. The maximum atomic E-state index is 13.7. The summed E-state index contributed by atoms with van der Waals surface area (Å²) in [6.07, 6.45) is 1.72. The highest BCUT2D eigenvalue weighted by molar-refractivity contribution is 5.78. The van der Waals surface area contributed by atoms with Gasteiger partial charge in [-0.2, -0.15) is 0 Å². The second-order valence-electron chi connectivity index (χ2n) is 7.16. The Labute approximate surface area is 171 Å². The first kappa shape index (κ1) is 20.8. The van der Waals surface area contributed by atoms with Gasteiger partial charge < -0.3 is 14.5 Å². The van der Waals surface area contributed by atoms with Gasteiger partial charge in [0.1, 0.15) is 11.6 Å². The van der Waals surface area contributed by atoms with E-state index in [1.165, 1.54) is 6.07 Å². The summed E-state index contributed by atoms with van der Waals surface area (Å²) in [6, 6.07) is 14.3. The van der Waals surface area contributed by atoms with E-state index in [9.17, 15) is 14.0 Å². The molecule has 0 aliphatic carbocycles. The van der Waals surface area contributed by atoms with Crippen molar-refractivity contribution in [3.63, 3.8) is 0 Å². The summed E-state index contributed by atoms with van der Waals surface area (Å²) in [7, 11) is 1.63. The number of aryl methyl sites for hydroxylation is 2. The van der Waals surface area contributed by atoms with Crippen LogP contribution < -0.4 is 4.74 Å². The van der Waals surface area contributed by atoms with Crippen molar-refractivity contribution in [1.29, 1.82) is 0 Å². The van der Waals surface area contributed by atoms with E-state index in [-0.39, 0.29) is 24.1 Å². The van der Waals surface area contributed by atoms with Crippen molar-refractivity contribution in [3.05, 3.63) is 65.5 Å². The van der Waals surface area contributed by atoms with Gasteiger partial charge >= 0.3 is 0 Å². The maximum Gasteiger partial charge on any atom is 0.223 e. The van der Waals surface area contributed by atoms with Gasteiger partial charge in [-0.25, -0.2) is 4.39 Å². The first-order chi connectivity index (χ1) is 14.1. The number of para-hydroxylation sites is 1. The molecule has 0 atom stereocenters. The monoisotopic (exact) mass is 398 g/mol. The Balaban J connectivity index is 1.43. The highest BCUT2D eigenvalue weighted by Crippen LogP contribution is 2.19. The van der Waals surface area contributed by atoms with Crippen molar-refractivity contribution < 1.29 is 18.7 Å². The number of ether oxygens (including phenoxy) is 1. The summed E-state index contributed by atoms with van der Waals surface area (Å²) in [4.78, 5) is 28.5. The van der Waals surface area contributed by atoms with Gasteiger partial charge in [-0.15, -0.1) is 0 Å². The van der Waals surface area contributed by atoms with E-state index in [2.05, 4.69) is 0 Å². The molecule has 2 aromatic carbocycles. The minimum absolute atomic E-state index is 0.00868. The van der Waals surface area contributed by atoms with E-state index in [4.69, 9.17) is 4.74 Å². The lowest BCUT2D eigenvalue weighted by Crippen LogP contribution is -2.50. The fraction of sp³-hybridized carbons (Fsp3) is 0.391. The molecule has 29 heavy (non-hydrogen) atoms. The van der Waals surface area contributed by atoms with E-state index in [0.29, 0.717) is 51.0 Å². The SMILES string of the molecule is COc1ccccc1CCC(=O)N1CCN(C(=O)CCc2ccccc2F)CC1. The Morgan fingerprint density at radius 1 is 0.828 bits per heavy atom. The molecule has 0 saturated carbocycles. The average Bonchev–Trinajstić information content (AvgIpc) is 2.77. The lowest BCUT2D eigenvalue weighted by Gasteiger charge is -2.35. The predicted octanol–water partition coefficient (Wildman–Crippen LogP) is 3.07. The third-order valence-electron chi connectivity index (χ3n) is 5.35. The number of carbonyl (C=O) groups excluding carboxylic acids is 2. The fourth-order valence-corrected chi connectivity index (χ4v) is 3.62. The van der Waals surface area contributed by atoms with Gasteiger partial charge in [0.25, 0.3) is 0 Å². The maximum absolute atomic E-state index is 13.7. The minimum atomic E-state index is -0.272. The van der Waals surface area contributed by atoms with Crippen molar-refractivity contribution in [2.24, 2.45) is 0 Å². The number of rotatable bonds is 7. The van der Waals surface area contributed by atoms with Crippen LogP contribution >= 0.6 is 0 Å². The summed E-state index contributed by atoms with van der Waals surface area (Å²) in [5.74, 6) is 0.625. The van der Waals surface area contributed by atoms with Gasteiger partial charge in [-0.3, -0.25) is 9.59 Å². The topological polar surface area (TPSA) is 49.9 Å². The van der Waals surface area contributed by atoms with Crippen molar-refractivity contribution in [1.82, 2.24) is 9.80 Å². The largest absolute Gasteiger partial charge is 0.496 e. The van der Waals surface area contributed by atoms with Gasteiger partial charge in [0.2, 0.25) is 11.8 Å². The lowest BCUT2D eigenvalue weighted by atomic mass is 10.1. The number of nitrogens with zero attached hydrogens (tertiary/aromatic N) is 2. The molecule has 1 aliphatic rings. The highest BCUT2D eigenvalue weighted by Gasteiger charge is 2.24. The van der Waals surface area contributed by atoms with Crippen LogP contribution in [0.2, 0.25) is 0 Å². The normalized spacial score (nSPS) is 14.0. The van der Waals surface area contributed by atoms with Crippen LogP contribution in [0.3, 0.4) is 0 Å². The quantitative estimate of drug-likeness (QED) is 0.720. The Kier molecular flexibility index (Phi) is 7.22. The zero-order valence-corrected chi connectivity index (χ0v) is 16.8. The third kappa shape index (κ3) is 5.56. The highest BCUT2D eigenvalue weighted by atomic mass is 19.1. The van der Waals surface area contributed by atoms with Gasteiger partial charge in [0, 0.05) is 39.0 Å². The summed E-state index contributed by atoms with van der Waals surface area (Å²) in [5, 5.41) is 0.